The molecule has 1 heterocycles. The Hall–Kier alpha value is -2.82. The molecule has 0 bridgehead atoms. The molecule has 0 fully saturated rings. The maximum atomic E-state index is 13.7. The lowest BCUT2D eigenvalue weighted by atomic mass is 10.2. The molecule has 4 rings (SSSR count). The van der Waals surface area contributed by atoms with E-state index in [0.29, 0.717) is 22.7 Å². The standard InChI is InChI=1S/C21H16BrN2O3P/c22-17-14-16-8-7-13-23-21(16)20(15-17)24-28(25,26-18-9-3-1-4-10-18)27-19-11-5-2-6-12-19/h1-15H,(H,24,25). The SMILES string of the molecule is O=P(Nc1cc(Br)cc2cccnc12)(Oc1ccccc1)Oc1ccccc1. The molecule has 0 saturated carbocycles. The van der Waals surface area contributed by atoms with Gasteiger partial charge in [0.2, 0.25) is 0 Å². The number of halogens is 1. The summed E-state index contributed by atoms with van der Waals surface area (Å²) >= 11 is 3.49. The number of anilines is 1. The highest BCUT2D eigenvalue weighted by atomic mass is 79.9. The minimum atomic E-state index is -3.82. The van der Waals surface area contributed by atoms with Crippen LogP contribution in [0.4, 0.5) is 5.69 Å². The maximum absolute atomic E-state index is 13.7. The van der Waals surface area contributed by atoms with Gasteiger partial charge in [0, 0.05) is 16.1 Å². The molecule has 0 spiro atoms. The predicted octanol–water partition coefficient (Wildman–Crippen LogP) is 6.68. The van der Waals surface area contributed by atoms with Crippen molar-refractivity contribution in [2.45, 2.75) is 0 Å². The van der Waals surface area contributed by atoms with Crippen molar-refractivity contribution >= 4 is 40.3 Å². The van der Waals surface area contributed by atoms with E-state index in [-0.39, 0.29) is 0 Å². The van der Waals surface area contributed by atoms with E-state index >= 15 is 0 Å². The van der Waals surface area contributed by atoms with Crippen LogP contribution in [0.2, 0.25) is 0 Å². The second-order valence-electron chi connectivity index (χ2n) is 5.95. The third kappa shape index (κ3) is 4.35. The highest BCUT2D eigenvalue weighted by Crippen LogP contribution is 2.49. The van der Waals surface area contributed by atoms with Gasteiger partial charge in [0.15, 0.2) is 0 Å². The predicted molar refractivity (Wildman–Crippen MR) is 115 cm³/mol. The van der Waals surface area contributed by atoms with E-state index in [2.05, 4.69) is 26.0 Å². The van der Waals surface area contributed by atoms with Crippen molar-refractivity contribution in [1.29, 1.82) is 0 Å². The number of hydrogen-bond donors (Lipinski definition) is 1. The van der Waals surface area contributed by atoms with Gasteiger partial charge in [-0.05, 0) is 42.5 Å². The molecule has 5 nitrogen and oxygen atoms in total. The van der Waals surface area contributed by atoms with Crippen molar-refractivity contribution in [2.75, 3.05) is 5.09 Å². The van der Waals surface area contributed by atoms with Crippen LogP contribution in [0.5, 0.6) is 11.5 Å². The van der Waals surface area contributed by atoms with Crippen LogP contribution in [-0.2, 0) is 4.57 Å². The van der Waals surface area contributed by atoms with Crippen molar-refractivity contribution in [3.8, 4) is 11.5 Å². The largest absolute Gasteiger partial charge is 0.541 e. The van der Waals surface area contributed by atoms with Crippen LogP contribution >= 0.6 is 23.7 Å². The number of benzene rings is 3. The molecule has 0 saturated heterocycles. The molecular formula is C21H16BrN2O3P. The van der Waals surface area contributed by atoms with Crippen LogP contribution in [0.25, 0.3) is 10.9 Å². The van der Waals surface area contributed by atoms with Crippen molar-refractivity contribution in [1.82, 2.24) is 4.98 Å². The normalized spacial score (nSPS) is 11.2. The second kappa shape index (κ2) is 8.05. The fraction of sp³-hybridized carbons (Fsp3) is 0. The van der Waals surface area contributed by atoms with Gasteiger partial charge < -0.3 is 9.05 Å². The zero-order valence-corrected chi connectivity index (χ0v) is 17.1. The van der Waals surface area contributed by atoms with Gasteiger partial charge >= 0.3 is 7.75 Å². The van der Waals surface area contributed by atoms with Crippen LogP contribution in [0.3, 0.4) is 0 Å². The summed E-state index contributed by atoms with van der Waals surface area (Å²) in [7, 11) is -3.82. The Labute approximate surface area is 171 Å². The molecule has 28 heavy (non-hydrogen) atoms. The number of fused-ring (bicyclic) bond motifs is 1. The number of para-hydroxylation sites is 2. The lowest BCUT2D eigenvalue weighted by Crippen LogP contribution is -2.10. The molecule has 1 aromatic heterocycles. The summed E-state index contributed by atoms with van der Waals surface area (Å²) in [5, 5.41) is 3.85. The Kier molecular flexibility index (Phi) is 5.33. The summed E-state index contributed by atoms with van der Waals surface area (Å²) in [6.45, 7) is 0. The molecule has 3 aromatic carbocycles. The van der Waals surface area contributed by atoms with E-state index in [9.17, 15) is 4.57 Å². The van der Waals surface area contributed by atoms with Gasteiger partial charge in [-0.3, -0.25) is 10.1 Å². The van der Waals surface area contributed by atoms with E-state index in [1.807, 2.05) is 30.3 Å². The van der Waals surface area contributed by atoms with E-state index in [0.717, 1.165) is 9.86 Å². The second-order valence-corrected chi connectivity index (χ2v) is 8.45. The summed E-state index contributed by atoms with van der Waals surface area (Å²) in [5.74, 6) is 0.864. The van der Waals surface area contributed by atoms with Gasteiger partial charge in [-0.25, -0.2) is 4.57 Å². The third-order valence-corrected chi connectivity index (χ3v) is 5.74. The summed E-state index contributed by atoms with van der Waals surface area (Å²) in [6.07, 6.45) is 1.68. The van der Waals surface area contributed by atoms with Crippen LogP contribution < -0.4 is 14.1 Å². The molecular weight excluding hydrogens is 439 g/mol. The first-order chi connectivity index (χ1) is 13.6. The van der Waals surface area contributed by atoms with Crippen molar-refractivity contribution < 1.29 is 13.6 Å². The first kappa shape index (κ1) is 18.5. The number of rotatable bonds is 6. The molecule has 1 N–H and O–H groups in total. The summed E-state index contributed by atoms with van der Waals surface area (Å²) < 4.78 is 26.1. The average Bonchev–Trinajstić information content (AvgIpc) is 2.69. The van der Waals surface area contributed by atoms with Gasteiger partial charge in [0.05, 0.1) is 11.2 Å². The fourth-order valence-electron chi connectivity index (χ4n) is 2.69. The summed E-state index contributed by atoms with van der Waals surface area (Å²) in [5.41, 5.74) is 1.21. The van der Waals surface area contributed by atoms with Crippen molar-refractivity contribution in [3.63, 3.8) is 0 Å². The van der Waals surface area contributed by atoms with Crippen LogP contribution in [0, 0.1) is 0 Å². The van der Waals surface area contributed by atoms with Gasteiger partial charge in [-0.1, -0.05) is 58.4 Å². The number of nitrogens with zero attached hydrogens (tertiary/aromatic N) is 1. The molecule has 0 radical (unpaired) electrons. The molecule has 0 aliphatic carbocycles. The van der Waals surface area contributed by atoms with E-state index in [1.165, 1.54) is 0 Å². The molecule has 4 aromatic rings. The monoisotopic (exact) mass is 454 g/mol. The van der Waals surface area contributed by atoms with Gasteiger partial charge in [-0.2, -0.15) is 0 Å². The number of nitrogens with one attached hydrogen (secondary N) is 1. The minimum absolute atomic E-state index is 0.432. The Morgan fingerprint density at radius 2 is 1.43 bits per heavy atom. The molecule has 0 atom stereocenters. The quantitative estimate of drug-likeness (QED) is 0.329. The van der Waals surface area contributed by atoms with Gasteiger partial charge in [0.25, 0.3) is 0 Å². The van der Waals surface area contributed by atoms with E-state index < -0.39 is 7.75 Å². The average molecular weight is 455 g/mol. The number of pyridine rings is 1. The Morgan fingerprint density at radius 1 is 0.821 bits per heavy atom. The topological polar surface area (TPSA) is 60.5 Å². The highest BCUT2D eigenvalue weighted by molar-refractivity contribution is 9.10. The van der Waals surface area contributed by atoms with E-state index in [1.54, 1.807) is 60.8 Å². The van der Waals surface area contributed by atoms with Crippen LogP contribution in [-0.4, -0.2) is 4.98 Å². The highest BCUT2D eigenvalue weighted by Gasteiger charge is 2.30. The van der Waals surface area contributed by atoms with E-state index in [4.69, 9.17) is 9.05 Å². The summed E-state index contributed by atoms with van der Waals surface area (Å²) in [4.78, 5) is 4.40. The number of aromatic nitrogens is 1. The summed E-state index contributed by atoms with van der Waals surface area (Å²) in [6, 6.07) is 25.3. The van der Waals surface area contributed by atoms with Gasteiger partial charge in [-0.15, -0.1) is 0 Å². The zero-order chi connectivity index (χ0) is 19.4. The van der Waals surface area contributed by atoms with Crippen molar-refractivity contribution in [3.05, 3.63) is 95.6 Å². The third-order valence-electron chi connectivity index (χ3n) is 3.86. The fourth-order valence-corrected chi connectivity index (χ4v) is 4.56. The maximum Gasteiger partial charge on any atom is 0.541 e. The molecule has 7 heteroatoms. The van der Waals surface area contributed by atoms with Gasteiger partial charge in [0.1, 0.15) is 11.5 Å². The first-order valence-electron chi connectivity index (χ1n) is 8.53. The molecule has 0 aliphatic heterocycles. The molecule has 0 aliphatic rings. The molecule has 0 unspecified atom stereocenters. The Balaban J connectivity index is 1.74. The van der Waals surface area contributed by atoms with Crippen LogP contribution in [0.1, 0.15) is 0 Å². The number of hydrogen-bond acceptors (Lipinski definition) is 4. The lowest BCUT2D eigenvalue weighted by molar-refractivity contribution is 0.393. The first-order valence-corrected chi connectivity index (χ1v) is 10.9. The van der Waals surface area contributed by atoms with Crippen LogP contribution in [0.15, 0.2) is 95.6 Å². The Morgan fingerprint density at radius 3 is 2.04 bits per heavy atom. The lowest BCUT2D eigenvalue weighted by Gasteiger charge is -2.21. The zero-order valence-electron chi connectivity index (χ0n) is 14.7. The minimum Gasteiger partial charge on any atom is -0.400 e. The Bertz CT molecular complexity index is 1090. The smallest absolute Gasteiger partial charge is 0.400 e. The molecule has 140 valence electrons. The van der Waals surface area contributed by atoms with Crippen molar-refractivity contribution in [2.24, 2.45) is 0 Å². The molecule has 0 amide bonds.